The van der Waals surface area contributed by atoms with Crippen LogP contribution in [-0.2, 0) is 9.53 Å². The third-order valence-corrected chi connectivity index (χ3v) is 4.69. The van der Waals surface area contributed by atoms with E-state index in [-0.39, 0.29) is 5.97 Å². The van der Waals surface area contributed by atoms with E-state index in [0.29, 0.717) is 18.9 Å². The Morgan fingerprint density at radius 3 is 2.04 bits per heavy atom. The summed E-state index contributed by atoms with van der Waals surface area (Å²) in [5.74, 6) is 1.56. The summed E-state index contributed by atoms with van der Waals surface area (Å²) in [6, 6.07) is 0. The van der Waals surface area contributed by atoms with E-state index in [1.54, 1.807) is 0 Å². The molecule has 0 amide bonds. The summed E-state index contributed by atoms with van der Waals surface area (Å²) < 4.78 is 5.41. The summed E-state index contributed by atoms with van der Waals surface area (Å²) in [6.07, 6.45) is 16.0. The summed E-state index contributed by atoms with van der Waals surface area (Å²) in [7, 11) is 0. The molecule has 0 saturated heterocycles. The van der Waals surface area contributed by atoms with Crippen molar-refractivity contribution in [2.75, 3.05) is 6.61 Å². The molecule has 1 saturated carbocycles. The predicted octanol–water partition coefficient (Wildman–Crippen LogP) is 6.91. The van der Waals surface area contributed by atoms with Gasteiger partial charge in [-0.05, 0) is 24.7 Å². The standard InChI is InChI=1S/C19H36O2.C2H6/c1-3-5-7-9-10-12-14-19(20)21-16-18-15-17(18)13-11-8-6-4-2;1-2/h17-18H,3-16H2,1-2H3;1-2H3. The van der Waals surface area contributed by atoms with Crippen LogP contribution in [-0.4, -0.2) is 12.6 Å². The van der Waals surface area contributed by atoms with Crippen molar-refractivity contribution < 1.29 is 9.53 Å². The molecule has 1 aliphatic carbocycles. The molecule has 0 N–H and O–H groups in total. The number of rotatable bonds is 14. The fourth-order valence-corrected chi connectivity index (χ4v) is 3.02. The molecule has 23 heavy (non-hydrogen) atoms. The third-order valence-electron chi connectivity index (χ3n) is 4.69. The van der Waals surface area contributed by atoms with Gasteiger partial charge in [-0.25, -0.2) is 0 Å². The SMILES string of the molecule is CC.CCCCCCCCC(=O)OCC1CC1CCCCCC. The normalized spacial score (nSPS) is 19.0. The van der Waals surface area contributed by atoms with Crippen molar-refractivity contribution in [3.8, 4) is 0 Å². The average Bonchev–Trinajstić information content (AvgIpc) is 3.33. The fourth-order valence-electron chi connectivity index (χ4n) is 3.02. The highest BCUT2D eigenvalue weighted by atomic mass is 16.5. The highest BCUT2D eigenvalue weighted by Crippen LogP contribution is 2.42. The first-order chi connectivity index (χ1) is 11.3. The summed E-state index contributed by atoms with van der Waals surface area (Å²) in [5, 5.41) is 0. The second-order valence-corrected chi connectivity index (χ2v) is 6.81. The lowest BCUT2D eigenvalue weighted by Gasteiger charge is -2.05. The molecule has 1 fully saturated rings. The van der Waals surface area contributed by atoms with E-state index in [9.17, 15) is 4.79 Å². The van der Waals surface area contributed by atoms with Gasteiger partial charge in [0.2, 0.25) is 0 Å². The number of unbranched alkanes of at least 4 members (excludes halogenated alkanes) is 8. The maximum Gasteiger partial charge on any atom is 0.305 e. The Labute approximate surface area is 145 Å². The maximum absolute atomic E-state index is 11.6. The first-order valence-electron chi connectivity index (χ1n) is 10.4. The van der Waals surface area contributed by atoms with Crippen LogP contribution in [0.5, 0.6) is 0 Å². The molecular formula is C21H42O2. The van der Waals surface area contributed by atoms with Crippen molar-refractivity contribution in [3.63, 3.8) is 0 Å². The van der Waals surface area contributed by atoms with E-state index in [4.69, 9.17) is 4.74 Å². The van der Waals surface area contributed by atoms with Crippen molar-refractivity contribution in [1.82, 2.24) is 0 Å². The van der Waals surface area contributed by atoms with Crippen LogP contribution in [0.4, 0.5) is 0 Å². The monoisotopic (exact) mass is 326 g/mol. The highest BCUT2D eigenvalue weighted by Gasteiger charge is 2.36. The van der Waals surface area contributed by atoms with Crippen LogP contribution < -0.4 is 0 Å². The number of hydrogen-bond acceptors (Lipinski definition) is 2. The Balaban J connectivity index is 0.00000232. The van der Waals surface area contributed by atoms with Gasteiger partial charge >= 0.3 is 5.97 Å². The van der Waals surface area contributed by atoms with E-state index >= 15 is 0 Å². The molecule has 1 aliphatic rings. The van der Waals surface area contributed by atoms with Crippen molar-refractivity contribution in [3.05, 3.63) is 0 Å². The lowest BCUT2D eigenvalue weighted by Crippen LogP contribution is -2.07. The van der Waals surface area contributed by atoms with E-state index < -0.39 is 0 Å². The smallest absolute Gasteiger partial charge is 0.305 e. The Bertz CT molecular complexity index is 263. The van der Waals surface area contributed by atoms with Crippen molar-refractivity contribution in [1.29, 1.82) is 0 Å². The van der Waals surface area contributed by atoms with Gasteiger partial charge in [-0.3, -0.25) is 4.79 Å². The lowest BCUT2D eigenvalue weighted by atomic mass is 10.1. The van der Waals surface area contributed by atoms with Crippen molar-refractivity contribution in [2.45, 2.75) is 111 Å². The van der Waals surface area contributed by atoms with Gasteiger partial charge in [-0.2, -0.15) is 0 Å². The zero-order valence-corrected chi connectivity index (χ0v) is 16.4. The van der Waals surface area contributed by atoms with Gasteiger partial charge < -0.3 is 4.74 Å². The zero-order valence-electron chi connectivity index (χ0n) is 16.4. The van der Waals surface area contributed by atoms with Crippen LogP contribution in [0.2, 0.25) is 0 Å². The van der Waals surface area contributed by atoms with Gasteiger partial charge in [-0.15, -0.1) is 0 Å². The van der Waals surface area contributed by atoms with Gasteiger partial charge in [-0.1, -0.05) is 91.9 Å². The lowest BCUT2D eigenvalue weighted by molar-refractivity contribution is -0.144. The minimum Gasteiger partial charge on any atom is -0.465 e. The van der Waals surface area contributed by atoms with Crippen molar-refractivity contribution in [2.24, 2.45) is 11.8 Å². The minimum atomic E-state index is 0.0297. The van der Waals surface area contributed by atoms with Crippen LogP contribution in [0.15, 0.2) is 0 Å². The number of carbonyl (C=O) groups is 1. The number of ether oxygens (including phenoxy) is 1. The Hall–Kier alpha value is -0.530. The van der Waals surface area contributed by atoms with Gasteiger partial charge in [0.1, 0.15) is 0 Å². The summed E-state index contributed by atoms with van der Waals surface area (Å²) in [4.78, 5) is 11.6. The Morgan fingerprint density at radius 1 is 0.826 bits per heavy atom. The van der Waals surface area contributed by atoms with E-state index in [1.807, 2.05) is 13.8 Å². The molecule has 0 aliphatic heterocycles. The second-order valence-electron chi connectivity index (χ2n) is 6.81. The summed E-state index contributed by atoms with van der Waals surface area (Å²) in [6.45, 7) is 9.17. The molecule has 0 aromatic heterocycles. The molecule has 2 unspecified atom stereocenters. The van der Waals surface area contributed by atoms with E-state index in [0.717, 1.165) is 12.3 Å². The molecular weight excluding hydrogens is 284 g/mol. The number of esters is 1. The Morgan fingerprint density at radius 2 is 1.39 bits per heavy atom. The molecule has 0 radical (unpaired) electrons. The topological polar surface area (TPSA) is 26.3 Å². The predicted molar refractivity (Wildman–Crippen MR) is 101 cm³/mol. The van der Waals surface area contributed by atoms with Gasteiger partial charge in [0, 0.05) is 6.42 Å². The molecule has 0 heterocycles. The van der Waals surface area contributed by atoms with Crippen LogP contribution in [0.25, 0.3) is 0 Å². The summed E-state index contributed by atoms with van der Waals surface area (Å²) in [5.41, 5.74) is 0. The maximum atomic E-state index is 11.6. The molecule has 1 rings (SSSR count). The van der Waals surface area contributed by atoms with Crippen LogP contribution in [0.3, 0.4) is 0 Å². The van der Waals surface area contributed by atoms with Crippen molar-refractivity contribution >= 4 is 5.97 Å². The molecule has 2 nitrogen and oxygen atoms in total. The van der Waals surface area contributed by atoms with Gasteiger partial charge in [0.15, 0.2) is 0 Å². The molecule has 2 atom stereocenters. The van der Waals surface area contributed by atoms with E-state index in [2.05, 4.69) is 13.8 Å². The molecule has 0 spiro atoms. The van der Waals surface area contributed by atoms with Crippen LogP contribution >= 0.6 is 0 Å². The molecule has 0 aromatic rings. The second kappa shape index (κ2) is 16.3. The van der Waals surface area contributed by atoms with Gasteiger partial charge in [0.25, 0.3) is 0 Å². The largest absolute Gasteiger partial charge is 0.465 e. The van der Waals surface area contributed by atoms with Crippen LogP contribution in [0.1, 0.15) is 111 Å². The quantitative estimate of drug-likeness (QED) is 0.256. The Kier molecular flexibility index (Phi) is 16.0. The zero-order chi connectivity index (χ0) is 17.3. The molecule has 0 bridgehead atoms. The highest BCUT2D eigenvalue weighted by molar-refractivity contribution is 5.69. The number of carbonyl (C=O) groups excluding carboxylic acids is 1. The minimum absolute atomic E-state index is 0.0297. The molecule has 138 valence electrons. The number of hydrogen-bond donors (Lipinski definition) is 0. The van der Waals surface area contributed by atoms with Gasteiger partial charge in [0.05, 0.1) is 6.61 Å². The first-order valence-corrected chi connectivity index (χ1v) is 10.4. The van der Waals surface area contributed by atoms with Crippen LogP contribution in [0, 0.1) is 11.8 Å². The van der Waals surface area contributed by atoms with E-state index in [1.165, 1.54) is 70.6 Å². The first kappa shape index (κ1) is 22.5. The summed E-state index contributed by atoms with van der Waals surface area (Å²) >= 11 is 0. The molecule has 2 heteroatoms. The average molecular weight is 327 g/mol. The fraction of sp³-hybridized carbons (Fsp3) is 0.952. The molecule has 0 aromatic carbocycles. The third kappa shape index (κ3) is 13.6.